The van der Waals surface area contributed by atoms with Gasteiger partial charge in [-0.2, -0.15) is 0 Å². The van der Waals surface area contributed by atoms with Crippen molar-refractivity contribution >= 4 is 5.91 Å². The fraction of sp³-hybridized carbons (Fsp3) is 0.727. The van der Waals surface area contributed by atoms with Gasteiger partial charge in [-0.1, -0.05) is 20.8 Å². The van der Waals surface area contributed by atoms with Crippen LogP contribution in [-0.4, -0.2) is 39.3 Å². The second-order valence-electron chi connectivity index (χ2n) is 4.53. The van der Waals surface area contributed by atoms with Gasteiger partial charge in [0.15, 0.2) is 0 Å². The molecule has 96 valence electrons. The van der Waals surface area contributed by atoms with Gasteiger partial charge in [-0.25, -0.2) is 4.98 Å². The maximum atomic E-state index is 11.7. The molecule has 1 atom stereocenters. The molecule has 0 fully saturated rings. The first-order valence-electron chi connectivity index (χ1n) is 5.86. The fourth-order valence-corrected chi connectivity index (χ4v) is 1.30. The van der Waals surface area contributed by atoms with Crippen molar-refractivity contribution in [2.24, 2.45) is 5.92 Å². The van der Waals surface area contributed by atoms with E-state index in [9.17, 15) is 4.79 Å². The van der Waals surface area contributed by atoms with Crippen molar-refractivity contribution in [2.75, 3.05) is 13.2 Å². The van der Waals surface area contributed by atoms with Gasteiger partial charge in [0.05, 0.1) is 0 Å². The number of rotatable bonds is 6. The molecule has 0 bridgehead atoms. The smallest absolute Gasteiger partial charge is 0.290 e. The van der Waals surface area contributed by atoms with Crippen molar-refractivity contribution in [2.45, 2.75) is 33.1 Å². The molecule has 0 aliphatic carbocycles. The summed E-state index contributed by atoms with van der Waals surface area (Å²) in [6.07, 6.45) is 0.672. The molecule has 3 N–H and O–H groups in total. The molecule has 0 aromatic carbocycles. The molecule has 1 amide bonds. The van der Waals surface area contributed by atoms with E-state index in [0.29, 0.717) is 18.8 Å². The highest BCUT2D eigenvalue weighted by Gasteiger charge is 2.14. The van der Waals surface area contributed by atoms with Crippen molar-refractivity contribution in [3.05, 3.63) is 11.6 Å². The van der Waals surface area contributed by atoms with E-state index in [2.05, 4.69) is 20.5 Å². The zero-order chi connectivity index (χ0) is 12.8. The quantitative estimate of drug-likeness (QED) is 0.681. The predicted molar refractivity (Wildman–Crippen MR) is 63.7 cm³/mol. The Morgan fingerprint density at radius 3 is 2.71 bits per heavy atom. The molecule has 1 aromatic heterocycles. The van der Waals surface area contributed by atoms with Crippen LogP contribution >= 0.6 is 0 Å². The van der Waals surface area contributed by atoms with Crippen LogP contribution in [0, 0.1) is 5.92 Å². The SMILES string of the molecule is CC(CCO)CNC(=O)c1n[nH]c(C(C)C)n1. The Bertz CT molecular complexity index is 362. The van der Waals surface area contributed by atoms with Gasteiger partial charge >= 0.3 is 0 Å². The van der Waals surface area contributed by atoms with Gasteiger partial charge in [0.2, 0.25) is 5.82 Å². The lowest BCUT2D eigenvalue weighted by Crippen LogP contribution is -2.29. The Kier molecular flexibility index (Phi) is 5.09. The van der Waals surface area contributed by atoms with Crippen LogP contribution in [0.1, 0.15) is 49.6 Å². The molecular formula is C11H20N4O2. The summed E-state index contributed by atoms with van der Waals surface area (Å²) in [5.41, 5.74) is 0. The molecule has 6 heteroatoms. The maximum Gasteiger partial charge on any atom is 0.290 e. The number of nitrogens with zero attached hydrogens (tertiary/aromatic N) is 2. The van der Waals surface area contributed by atoms with Gasteiger partial charge < -0.3 is 10.4 Å². The first-order valence-corrected chi connectivity index (χ1v) is 5.86. The van der Waals surface area contributed by atoms with Gasteiger partial charge in [0.1, 0.15) is 5.82 Å². The Labute approximate surface area is 101 Å². The Balaban J connectivity index is 2.46. The average molecular weight is 240 g/mol. The van der Waals surface area contributed by atoms with E-state index in [1.165, 1.54) is 0 Å². The van der Waals surface area contributed by atoms with E-state index in [1.807, 2.05) is 20.8 Å². The van der Waals surface area contributed by atoms with Crippen molar-refractivity contribution in [3.8, 4) is 0 Å². The summed E-state index contributed by atoms with van der Waals surface area (Å²) in [5, 5.41) is 18.1. The first-order chi connectivity index (χ1) is 8.04. The molecule has 1 aromatic rings. The number of carbonyl (C=O) groups is 1. The van der Waals surface area contributed by atoms with Crippen LogP contribution in [0.5, 0.6) is 0 Å². The minimum absolute atomic E-state index is 0.134. The van der Waals surface area contributed by atoms with Crippen LogP contribution in [0.4, 0.5) is 0 Å². The second-order valence-corrected chi connectivity index (χ2v) is 4.53. The normalized spacial score (nSPS) is 12.8. The molecule has 1 unspecified atom stereocenters. The minimum Gasteiger partial charge on any atom is -0.396 e. The largest absolute Gasteiger partial charge is 0.396 e. The Morgan fingerprint density at radius 2 is 2.18 bits per heavy atom. The van der Waals surface area contributed by atoms with Crippen LogP contribution in [0.15, 0.2) is 0 Å². The number of hydrogen-bond donors (Lipinski definition) is 3. The molecule has 0 saturated heterocycles. The topological polar surface area (TPSA) is 90.9 Å². The molecule has 17 heavy (non-hydrogen) atoms. The van der Waals surface area contributed by atoms with E-state index in [1.54, 1.807) is 0 Å². The summed E-state index contributed by atoms with van der Waals surface area (Å²) in [4.78, 5) is 15.8. The van der Waals surface area contributed by atoms with Crippen LogP contribution in [0.25, 0.3) is 0 Å². The number of amides is 1. The molecule has 0 spiro atoms. The lowest BCUT2D eigenvalue weighted by atomic mass is 10.1. The van der Waals surface area contributed by atoms with E-state index in [4.69, 9.17) is 5.11 Å². The lowest BCUT2D eigenvalue weighted by molar-refractivity contribution is 0.0935. The average Bonchev–Trinajstić information content (AvgIpc) is 2.75. The summed E-state index contributed by atoms with van der Waals surface area (Å²) >= 11 is 0. The number of carbonyl (C=O) groups excluding carboxylic acids is 1. The van der Waals surface area contributed by atoms with Crippen molar-refractivity contribution in [1.29, 1.82) is 0 Å². The van der Waals surface area contributed by atoms with E-state index >= 15 is 0 Å². The molecule has 0 radical (unpaired) electrons. The third kappa shape index (κ3) is 4.14. The molecule has 0 saturated carbocycles. The lowest BCUT2D eigenvalue weighted by Gasteiger charge is -2.09. The van der Waals surface area contributed by atoms with Crippen LogP contribution in [0.2, 0.25) is 0 Å². The summed E-state index contributed by atoms with van der Waals surface area (Å²) in [5.74, 6) is 1.06. The molecule has 0 aliphatic rings. The number of H-pyrrole nitrogens is 1. The molecular weight excluding hydrogens is 220 g/mol. The van der Waals surface area contributed by atoms with Gasteiger partial charge in [0.25, 0.3) is 5.91 Å². The predicted octanol–water partition coefficient (Wildman–Crippen LogP) is 0.676. The van der Waals surface area contributed by atoms with Crippen LogP contribution in [0.3, 0.4) is 0 Å². The van der Waals surface area contributed by atoms with Crippen LogP contribution in [-0.2, 0) is 0 Å². The summed E-state index contributed by atoms with van der Waals surface area (Å²) in [7, 11) is 0. The molecule has 1 rings (SSSR count). The van der Waals surface area contributed by atoms with Crippen LogP contribution < -0.4 is 5.32 Å². The number of aromatic nitrogens is 3. The summed E-state index contributed by atoms with van der Waals surface area (Å²) in [6.45, 7) is 6.57. The number of aliphatic hydroxyl groups is 1. The van der Waals surface area contributed by atoms with E-state index in [0.717, 1.165) is 0 Å². The van der Waals surface area contributed by atoms with Crippen molar-refractivity contribution in [1.82, 2.24) is 20.5 Å². The highest BCUT2D eigenvalue weighted by atomic mass is 16.3. The van der Waals surface area contributed by atoms with Gasteiger partial charge in [-0.3, -0.25) is 9.89 Å². The van der Waals surface area contributed by atoms with Crippen molar-refractivity contribution < 1.29 is 9.90 Å². The Hall–Kier alpha value is -1.43. The Morgan fingerprint density at radius 1 is 1.47 bits per heavy atom. The highest BCUT2D eigenvalue weighted by Crippen LogP contribution is 2.07. The molecule has 6 nitrogen and oxygen atoms in total. The molecule has 1 heterocycles. The number of aromatic amines is 1. The number of aliphatic hydroxyl groups excluding tert-OH is 1. The highest BCUT2D eigenvalue weighted by molar-refractivity contribution is 5.90. The van der Waals surface area contributed by atoms with Gasteiger partial charge in [-0.05, 0) is 12.3 Å². The van der Waals surface area contributed by atoms with E-state index < -0.39 is 0 Å². The van der Waals surface area contributed by atoms with Gasteiger partial charge in [-0.15, -0.1) is 5.10 Å². The third-order valence-electron chi connectivity index (χ3n) is 2.49. The summed E-state index contributed by atoms with van der Waals surface area (Å²) < 4.78 is 0. The summed E-state index contributed by atoms with van der Waals surface area (Å²) in [6, 6.07) is 0. The zero-order valence-electron chi connectivity index (χ0n) is 10.5. The monoisotopic (exact) mass is 240 g/mol. The second kappa shape index (κ2) is 6.34. The number of nitrogens with one attached hydrogen (secondary N) is 2. The first kappa shape index (κ1) is 13.6. The number of hydrogen-bond acceptors (Lipinski definition) is 4. The third-order valence-corrected chi connectivity index (χ3v) is 2.49. The van der Waals surface area contributed by atoms with E-state index in [-0.39, 0.29) is 30.2 Å². The van der Waals surface area contributed by atoms with Gasteiger partial charge in [0, 0.05) is 19.1 Å². The standard InChI is InChI=1S/C11H20N4O2/c1-7(2)9-13-10(15-14-9)11(17)12-6-8(3)4-5-16/h7-8,16H,4-6H2,1-3H3,(H,12,17)(H,13,14,15). The maximum absolute atomic E-state index is 11.7. The minimum atomic E-state index is -0.280. The van der Waals surface area contributed by atoms with Crippen molar-refractivity contribution in [3.63, 3.8) is 0 Å². The fourth-order valence-electron chi connectivity index (χ4n) is 1.30. The molecule has 0 aliphatic heterocycles. The zero-order valence-corrected chi connectivity index (χ0v) is 10.5.